The number of aliphatic imine (C=N–C) groups is 1. The Balaban J connectivity index is 1.69. The van der Waals surface area contributed by atoms with Gasteiger partial charge in [-0.05, 0) is 29.8 Å². The Hall–Kier alpha value is -1.92. The van der Waals surface area contributed by atoms with Gasteiger partial charge in [0.05, 0.1) is 7.11 Å². The molecule has 2 N–H and O–H groups in total. The lowest BCUT2D eigenvalue weighted by atomic mass is 10.3. The maximum Gasteiger partial charge on any atom is 0.212 e. The van der Waals surface area contributed by atoms with Crippen LogP contribution in [0.25, 0.3) is 0 Å². The first-order valence-electron chi connectivity index (χ1n) is 7.53. The Labute approximate surface area is 151 Å². The number of methoxy groups -OCH3 is 1. The number of nitrogens with one attached hydrogen (secondary N) is 2. The standard InChI is InChI=1S/C17H21ClN4OS/c1-19-17(22-12-13-3-8-16(23-2)21-11-13)20-9-10-24-15-6-4-14(18)5-7-15/h3-8,11H,9-10,12H2,1-2H3,(H2,19,20,22). The first kappa shape index (κ1) is 18.4. The molecule has 2 rings (SSSR count). The molecule has 0 aliphatic carbocycles. The maximum absolute atomic E-state index is 5.88. The van der Waals surface area contributed by atoms with E-state index in [1.54, 1.807) is 32.1 Å². The molecule has 0 saturated heterocycles. The van der Waals surface area contributed by atoms with Crippen molar-refractivity contribution in [3.8, 4) is 5.88 Å². The summed E-state index contributed by atoms with van der Waals surface area (Å²) in [6.07, 6.45) is 1.79. The first-order valence-corrected chi connectivity index (χ1v) is 8.89. The summed E-state index contributed by atoms with van der Waals surface area (Å²) in [6.45, 7) is 1.47. The quantitative estimate of drug-likeness (QED) is 0.342. The lowest BCUT2D eigenvalue weighted by Gasteiger charge is -2.12. The van der Waals surface area contributed by atoms with E-state index in [0.29, 0.717) is 12.4 Å². The van der Waals surface area contributed by atoms with Crippen LogP contribution in [-0.2, 0) is 6.54 Å². The fraction of sp³-hybridized carbons (Fsp3) is 0.294. The first-order chi connectivity index (χ1) is 11.7. The molecule has 2 aromatic rings. The largest absolute Gasteiger partial charge is 0.481 e. The smallest absolute Gasteiger partial charge is 0.212 e. The van der Waals surface area contributed by atoms with Crippen LogP contribution in [-0.4, -0.2) is 37.4 Å². The molecular weight excluding hydrogens is 344 g/mol. The molecule has 0 radical (unpaired) electrons. The third-order valence-electron chi connectivity index (χ3n) is 3.17. The second-order valence-corrected chi connectivity index (χ2v) is 6.47. The Morgan fingerprint density at radius 3 is 2.62 bits per heavy atom. The van der Waals surface area contributed by atoms with E-state index in [9.17, 15) is 0 Å². The molecule has 0 saturated carbocycles. The molecule has 7 heteroatoms. The normalized spacial score (nSPS) is 11.2. The number of nitrogens with zero attached hydrogens (tertiary/aromatic N) is 2. The SMILES string of the molecule is CN=C(NCCSc1ccc(Cl)cc1)NCc1ccc(OC)nc1. The zero-order valence-corrected chi connectivity index (χ0v) is 15.3. The zero-order chi connectivity index (χ0) is 17.2. The zero-order valence-electron chi connectivity index (χ0n) is 13.8. The van der Waals surface area contributed by atoms with Crippen molar-refractivity contribution in [2.24, 2.45) is 4.99 Å². The van der Waals surface area contributed by atoms with Gasteiger partial charge >= 0.3 is 0 Å². The summed E-state index contributed by atoms with van der Waals surface area (Å²) in [6, 6.07) is 11.7. The molecule has 0 amide bonds. The number of aromatic nitrogens is 1. The molecule has 0 spiro atoms. The number of ether oxygens (including phenoxy) is 1. The highest BCUT2D eigenvalue weighted by atomic mass is 35.5. The van der Waals surface area contributed by atoms with E-state index in [1.165, 1.54) is 4.90 Å². The van der Waals surface area contributed by atoms with Crippen molar-refractivity contribution < 1.29 is 4.74 Å². The third-order valence-corrected chi connectivity index (χ3v) is 4.43. The second kappa shape index (κ2) is 10.1. The molecule has 0 unspecified atom stereocenters. The number of hydrogen-bond acceptors (Lipinski definition) is 4. The van der Waals surface area contributed by atoms with Crippen molar-refractivity contribution in [3.63, 3.8) is 0 Å². The molecule has 0 atom stereocenters. The van der Waals surface area contributed by atoms with Gasteiger partial charge in [-0.25, -0.2) is 4.98 Å². The summed E-state index contributed by atoms with van der Waals surface area (Å²) in [5, 5.41) is 7.31. The number of rotatable bonds is 7. The highest BCUT2D eigenvalue weighted by Crippen LogP contribution is 2.19. The lowest BCUT2D eigenvalue weighted by Crippen LogP contribution is -2.37. The minimum absolute atomic E-state index is 0.612. The highest BCUT2D eigenvalue weighted by Gasteiger charge is 2.00. The van der Waals surface area contributed by atoms with Gasteiger partial charge < -0.3 is 15.4 Å². The molecule has 128 valence electrons. The summed E-state index contributed by atoms with van der Waals surface area (Å²) >= 11 is 7.65. The van der Waals surface area contributed by atoms with Gasteiger partial charge in [0.25, 0.3) is 0 Å². The second-order valence-electron chi connectivity index (χ2n) is 4.86. The van der Waals surface area contributed by atoms with Crippen molar-refractivity contribution in [1.29, 1.82) is 0 Å². The van der Waals surface area contributed by atoms with Crippen LogP contribution in [0.1, 0.15) is 5.56 Å². The minimum atomic E-state index is 0.612. The van der Waals surface area contributed by atoms with Gasteiger partial charge in [-0.3, -0.25) is 4.99 Å². The summed E-state index contributed by atoms with van der Waals surface area (Å²) in [7, 11) is 3.36. The van der Waals surface area contributed by atoms with Gasteiger partial charge in [0.1, 0.15) is 0 Å². The number of halogens is 1. The van der Waals surface area contributed by atoms with Crippen LogP contribution in [0.2, 0.25) is 5.02 Å². The lowest BCUT2D eigenvalue weighted by molar-refractivity contribution is 0.397. The Morgan fingerprint density at radius 1 is 1.21 bits per heavy atom. The number of hydrogen-bond donors (Lipinski definition) is 2. The van der Waals surface area contributed by atoms with Crippen molar-refractivity contribution in [1.82, 2.24) is 15.6 Å². The van der Waals surface area contributed by atoms with Gasteiger partial charge in [-0.15, -0.1) is 11.8 Å². The van der Waals surface area contributed by atoms with Crippen molar-refractivity contribution in [2.75, 3.05) is 26.5 Å². The van der Waals surface area contributed by atoms with Crippen LogP contribution in [0.15, 0.2) is 52.5 Å². The molecule has 0 aliphatic rings. The van der Waals surface area contributed by atoms with Crippen LogP contribution in [0.4, 0.5) is 0 Å². The minimum Gasteiger partial charge on any atom is -0.481 e. The van der Waals surface area contributed by atoms with Gasteiger partial charge in [0, 0.05) is 48.1 Å². The van der Waals surface area contributed by atoms with Crippen LogP contribution < -0.4 is 15.4 Å². The average Bonchev–Trinajstić information content (AvgIpc) is 2.63. The molecular formula is C17H21ClN4OS. The predicted molar refractivity (Wildman–Crippen MR) is 101 cm³/mol. The fourth-order valence-electron chi connectivity index (χ4n) is 1.91. The van der Waals surface area contributed by atoms with E-state index in [2.05, 4.69) is 20.6 Å². The average molecular weight is 365 g/mol. The highest BCUT2D eigenvalue weighted by molar-refractivity contribution is 7.99. The molecule has 24 heavy (non-hydrogen) atoms. The number of pyridine rings is 1. The number of benzene rings is 1. The van der Waals surface area contributed by atoms with Crippen LogP contribution in [0.3, 0.4) is 0 Å². The molecule has 0 bridgehead atoms. The van der Waals surface area contributed by atoms with E-state index in [4.69, 9.17) is 16.3 Å². The fourth-order valence-corrected chi connectivity index (χ4v) is 2.81. The Morgan fingerprint density at radius 2 is 2.00 bits per heavy atom. The van der Waals surface area contributed by atoms with E-state index >= 15 is 0 Å². The summed E-state index contributed by atoms with van der Waals surface area (Å²) in [4.78, 5) is 9.60. The van der Waals surface area contributed by atoms with E-state index in [0.717, 1.165) is 28.8 Å². The van der Waals surface area contributed by atoms with Crippen molar-refractivity contribution in [3.05, 3.63) is 53.2 Å². The number of thioether (sulfide) groups is 1. The van der Waals surface area contributed by atoms with E-state index in [1.807, 2.05) is 36.4 Å². The summed E-state index contributed by atoms with van der Waals surface area (Å²) in [5.74, 6) is 2.31. The molecule has 1 heterocycles. The van der Waals surface area contributed by atoms with Gasteiger partial charge in [-0.1, -0.05) is 17.7 Å². The van der Waals surface area contributed by atoms with Gasteiger partial charge in [0.15, 0.2) is 5.96 Å². The van der Waals surface area contributed by atoms with Crippen LogP contribution >= 0.6 is 23.4 Å². The predicted octanol–water partition coefficient (Wildman–Crippen LogP) is 3.20. The van der Waals surface area contributed by atoms with Gasteiger partial charge in [-0.2, -0.15) is 0 Å². The number of guanidine groups is 1. The maximum atomic E-state index is 5.88. The van der Waals surface area contributed by atoms with E-state index in [-0.39, 0.29) is 0 Å². The van der Waals surface area contributed by atoms with Crippen molar-refractivity contribution in [2.45, 2.75) is 11.4 Å². The molecule has 0 aliphatic heterocycles. The third kappa shape index (κ3) is 6.29. The summed E-state index contributed by atoms with van der Waals surface area (Å²) < 4.78 is 5.05. The van der Waals surface area contributed by atoms with Crippen LogP contribution in [0, 0.1) is 0 Å². The molecule has 1 aromatic heterocycles. The topological polar surface area (TPSA) is 58.5 Å². The molecule has 5 nitrogen and oxygen atoms in total. The molecule has 1 aromatic carbocycles. The monoisotopic (exact) mass is 364 g/mol. The Bertz CT molecular complexity index is 647. The molecule has 0 fully saturated rings. The van der Waals surface area contributed by atoms with Crippen LogP contribution in [0.5, 0.6) is 5.88 Å². The Kier molecular flexibility index (Phi) is 7.71. The van der Waals surface area contributed by atoms with E-state index < -0.39 is 0 Å². The van der Waals surface area contributed by atoms with Crippen molar-refractivity contribution >= 4 is 29.3 Å². The van der Waals surface area contributed by atoms with Gasteiger partial charge in [0.2, 0.25) is 5.88 Å². The summed E-state index contributed by atoms with van der Waals surface area (Å²) in [5.41, 5.74) is 1.06.